The van der Waals surface area contributed by atoms with Gasteiger partial charge in [0.2, 0.25) is 11.6 Å². The first-order valence-electron chi connectivity index (χ1n) is 6.99. The van der Waals surface area contributed by atoms with Gasteiger partial charge in [-0.05, 0) is 40.0 Å². The summed E-state index contributed by atoms with van der Waals surface area (Å²) in [7, 11) is 0. The van der Waals surface area contributed by atoms with E-state index in [1.165, 1.54) is 0 Å². The molecule has 4 heterocycles. The molecule has 106 valence electrons. The summed E-state index contributed by atoms with van der Waals surface area (Å²) < 4.78 is 12.1. The van der Waals surface area contributed by atoms with E-state index in [9.17, 15) is 5.26 Å². The predicted molar refractivity (Wildman–Crippen MR) is 65.2 cm³/mol. The van der Waals surface area contributed by atoms with Gasteiger partial charge in [-0.15, -0.1) is 0 Å². The highest BCUT2D eigenvalue weighted by atomic mass is 17.3. The first kappa shape index (κ1) is 13.3. The van der Waals surface area contributed by atoms with Crippen molar-refractivity contribution in [3.63, 3.8) is 0 Å². The number of hydrogen-bond acceptors (Lipinski definition) is 5. The molecule has 3 atom stereocenters. The number of nitrogens with zero attached hydrogens (tertiary/aromatic N) is 1. The van der Waals surface area contributed by atoms with Gasteiger partial charge in [-0.1, -0.05) is 6.92 Å². The summed E-state index contributed by atoms with van der Waals surface area (Å²) in [6, 6.07) is 2.37. The van der Waals surface area contributed by atoms with Crippen LogP contribution in [0.5, 0.6) is 0 Å². The summed E-state index contributed by atoms with van der Waals surface area (Å²) in [6.07, 6.45) is 3.16. The van der Waals surface area contributed by atoms with Crippen LogP contribution in [-0.2, 0) is 19.2 Å². The second-order valence-electron chi connectivity index (χ2n) is 6.42. The average Bonchev–Trinajstić information content (AvgIpc) is 2.48. The van der Waals surface area contributed by atoms with Crippen molar-refractivity contribution in [3.05, 3.63) is 0 Å². The highest BCUT2D eigenvalue weighted by Gasteiger charge is 2.78. The molecule has 4 aliphatic heterocycles. The Hall–Kier alpha value is -0.670. The van der Waals surface area contributed by atoms with E-state index in [0.717, 1.165) is 19.3 Å². The molecule has 0 aromatic rings. The molecule has 0 saturated carbocycles. The predicted octanol–water partition coefficient (Wildman–Crippen LogP) is 2.86. The van der Waals surface area contributed by atoms with Crippen LogP contribution in [0.25, 0.3) is 0 Å². The molecule has 5 heteroatoms. The third-order valence-corrected chi connectivity index (χ3v) is 5.20. The maximum absolute atomic E-state index is 9.28. The second kappa shape index (κ2) is 3.70. The Kier molecular flexibility index (Phi) is 2.60. The number of ether oxygens (including phenoxy) is 2. The van der Waals surface area contributed by atoms with Gasteiger partial charge in [0, 0.05) is 12.3 Å². The minimum absolute atomic E-state index is 0.0430. The molecule has 0 aromatic carbocycles. The normalized spacial score (nSPS) is 53.0. The van der Waals surface area contributed by atoms with E-state index in [4.69, 9.17) is 19.2 Å². The van der Waals surface area contributed by atoms with Gasteiger partial charge in [-0.2, -0.15) is 15.0 Å². The Morgan fingerprint density at radius 2 is 1.68 bits per heavy atom. The molecule has 4 aliphatic rings. The summed E-state index contributed by atoms with van der Waals surface area (Å²) in [6.45, 7) is 7.76. The minimum Gasteiger partial charge on any atom is -0.315 e. The number of nitriles is 1. The minimum atomic E-state index is -0.836. The maximum atomic E-state index is 9.28. The molecular weight excluding hydrogens is 246 g/mol. The first-order valence-corrected chi connectivity index (χ1v) is 6.99. The largest absolute Gasteiger partial charge is 0.315 e. The van der Waals surface area contributed by atoms with Gasteiger partial charge in [-0.3, -0.25) is 0 Å². The van der Waals surface area contributed by atoms with Crippen molar-refractivity contribution in [3.8, 4) is 6.07 Å². The first-order chi connectivity index (χ1) is 8.82. The molecule has 4 bridgehead atoms. The number of fused-ring (bicyclic) bond motifs is 1. The summed E-state index contributed by atoms with van der Waals surface area (Å²) in [5.41, 5.74) is -0.422. The highest BCUT2D eigenvalue weighted by Crippen LogP contribution is 2.68. The number of rotatable bonds is 3. The Morgan fingerprint density at radius 1 is 1.11 bits per heavy atom. The van der Waals surface area contributed by atoms with Crippen LogP contribution in [0.2, 0.25) is 0 Å². The molecular formula is C14H21NO4. The Morgan fingerprint density at radius 3 is 2.16 bits per heavy atom. The van der Waals surface area contributed by atoms with Crippen molar-refractivity contribution in [1.82, 2.24) is 0 Å². The fourth-order valence-electron chi connectivity index (χ4n) is 3.98. The zero-order chi connectivity index (χ0) is 13.9. The van der Waals surface area contributed by atoms with E-state index in [1.54, 1.807) is 0 Å². The Bertz CT molecular complexity index is 425. The smallest absolute Gasteiger partial charge is 0.212 e. The molecule has 3 unspecified atom stereocenters. The summed E-state index contributed by atoms with van der Waals surface area (Å²) in [5, 5.41) is 9.28. The number of hydrogen-bond donors (Lipinski definition) is 0. The van der Waals surface area contributed by atoms with Crippen LogP contribution in [0.15, 0.2) is 0 Å². The topological polar surface area (TPSA) is 60.7 Å². The molecule has 4 fully saturated rings. The summed E-state index contributed by atoms with van der Waals surface area (Å²) >= 11 is 0. The monoisotopic (exact) mass is 267 g/mol. The van der Waals surface area contributed by atoms with Crippen LogP contribution >= 0.6 is 0 Å². The van der Waals surface area contributed by atoms with E-state index < -0.39 is 22.8 Å². The van der Waals surface area contributed by atoms with E-state index in [1.807, 2.05) is 27.7 Å². The van der Waals surface area contributed by atoms with Crippen molar-refractivity contribution >= 4 is 0 Å². The Balaban J connectivity index is 2.02. The molecule has 4 rings (SSSR count). The maximum Gasteiger partial charge on any atom is 0.212 e. The zero-order valence-electron chi connectivity index (χ0n) is 12.0. The van der Waals surface area contributed by atoms with Gasteiger partial charge in [0.15, 0.2) is 5.79 Å². The lowest BCUT2D eigenvalue weighted by atomic mass is 9.61. The van der Waals surface area contributed by atoms with E-state index in [2.05, 4.69) is 6.07 Å². The van der Waals surface area contributed by atoms with Crippen molar-refractivity contribution < 1.29 is 19.2 Å². The second-order valence-corrected chi connectivity index (χ2v) is 6.42. The van der Waals surface area contributed by atoms with Crippen molar-refractivity contribution in [1.29, 1.82) is 5.26 Å². The van der Waals surface area contributed by atoms with E-state index in [-0.39, 0.29) is 5.92 Å². The van der Waals surface area contributed by atoms with Crippen LogP contribution < -0.4 is 0 Å². The standard InChI is InChI=1S/C14H21NO4/c1-5-10(9-15)8-14-7-6-11(2)16-12(14,3)18-19-13(14,4)17-11/h10H,5-8H2,1-4H3. The fraction of sp³-hybridized carbons (Fsp3) is 0.929. The molecule has 0 aliphatic carbocycles. The van der Waals surface area contributed by atoms with Crippen LogP contribution in [-0.4, -0.2) is 17.4 Å². The third kappa shape index (κ3) is 1.49. The summed E-state index contributed by atoms with van der Waals surface area (Å²) in [5.74, 6) is -2.37. The third-order valence-electron chi connectivity index (χ3n) is 5.20. The molecule has 5 nitrogen and oxygen atoms in total. The molecule has 0 spiro atoms. The van der Waals surface area contributed by atoms with Crippen molar-refractivity contribution in [2.45, 2.75) is 70.7 Å². The zero-order valence-corrected chi connectivity index (χ0v) is 12.0. The van der Waals surface area contributed by atoms with Gasteiger partial charge >= 0.3 is 0 Å². The molecule has 0 radical (unpaired) electrons. The summed E-state index contributed by atoms with van der Waals surface area (Å²) in [4.78, 5) is 11.0. The quantitative estimate of drug-likeness (QED) is 0.736. The average molecular weight is 267 g/mol. The molecule has 0 N–H and O–H groups in total. The van der Waals surface area contributed by atoms with Gasteiger partial charge in [0.1, 0.15) is 0 Å². The van der Waals surface area contributed by atoms with Gasteiger partial charge in [0.25, 0.3) is 0 Å². The van der Waals surface area contributed by atoms with Gasteiger partial charge < -0.3 is 9.47 Å². The fourth-order valence-corrected chi connectivity index (χ4v) is 3.98. The highest BCUT2D eigenvalue weighted by molar-refractivity contribution is 5.12. The van der Waals surface area contributed by atoms with Crippen LogP contribution in [0.4, 0.5) is 0 Å². The molecule has 19 heavy (non-hydrogen) atoms. The lowest BCUT2D eigenvalue weighted by molar-refractivity contribution is -0.456. The van der Waals surface area contributed by atoms with Gasteiger partial charge in [0.05, 0.1) is 11.5 Å². The SMILES string of the molecule is CCC(C#N)CC12CCC3(C)OC1(C)OOC2(C)O3. The van der Waals surface area contributed by atoms with Crippen LogP contribution in [0.1, 0.15) is 53.4 Å². The van der Waals surface area contributed by atoms with E-state index >= 15 is 0 Å². The Labute approximate surface area is 113 Å². The van der Waals surface area contributed by atoms with Crippen LogP contribution in [0.3, 0.4) is 0 Å². The lowest BCUT2D eigenvalue weighted by Crippen LogP contribution is -2.70. The molecule has 0 aromatic heterocycles. The lowest BCUT2D eigenvalue weighted by Gasteiger charge is -2.60. The molecule has 4 saturated heterocycles. The van der Waals surface area contributed by atoms with E-state index in [0.29, 0.717) is 6.42 Å². The van der Waals surface area contributed by atoms with Gasteiger partial charge in [-0.25, -0.2) is 0 Å². The molecule has 0 amide bonds. The van der Waals surface area contributed by atoms with Crippen LogP contribution in [0, 0.1) is 22.7 Å². The van der Waals surface area contributed by atoms with Crippen molar-refractivity contribution in [2.24, 2.45) is 11.3 Å². The van der Waals surface area contributed by atoms with Crippen molar-refractivity contribution in [2.75, 3.05) is 0 Å².